The predicted octanol–water partition coefficient (Wildman–Crippen LogP) is 5.10. The molecule has 2 heteroatoms. The quantitative estimate of drug-likeness (QED) is 0.735. The van der Waals surface area contributed by atoms with Crippen molar-refractivity contribution in [1.82, 2.24) is 4.98 Å². The fourth-order valence-electron chi connectivity index (χ4n) is 2.18. The van der Waals surface area contributed by atoms with Gasteiger partial charge in [-0.1, -0.05) is 60.5 Å². The lowest BCUT2D eigenvalue weighted by Gasteiger charge is -2.34. The van der Waals surface area contributed by atoms with E-state index in [0.717, 1.165) is 5.82 Å². The van der Waals surface area contributed by atoms with E-state index in [1.807, 2.05) is 39.0 Å². The van der Waals surface area contributed by atoms with Gasteiger partial charge in [0, 0.05) is 20.3 Å². The van der Waals surface area contributed by atoms with E-state index in [0.29, 0.717) is 11.3 Å². The highest BCUT2D eigenvalue weighted by molar-refractivity contribution is 5.38. The van der Waals surface area contributed by atoms with Crippen molar-refractivity contribution in [2.24, 2.45) is 5.41 Å². The monoisotopic (exact) mass is 264 g/mol. The van der Waals surface area contributed by atoms with Crippen LogP contribution >= 0.6 is 0 Å². The second-order valence-corrected chi connectivity index (χ2v) is 5.43. The molecular weight excluding hydrogens is 232 g/mol. The molecule has 0 saturated carbocycles. The molecule has 0 saturated heterocycles. The number of hydrogen-bond acceptors (Lipinski definition) is 2. The Morgan fingerprint density at radius 3 is 2.00 bits per heavy atom. The summed E-state index contributed by atoms with van der Waals surface area (Å²) in [5.74, 6) is 1.58. The van der Waals surface area contributed by atoms with Crippen LogP contribution in [0.1, 0.15) is 65.9 Å². The summed E-state index contributed by atoms with van der Waals surface area (Å²) >= 11 is 0. The summed E-state index contributed by atoms with van der Waals surface area (Å²) in [6.45, 7) is 13.3. The fourth-order valence-corrected chi connectivity index (χ4v) is 2.18. The van der Waals surface area contributed by atoms with Gasteiger partial charge in [0.2, 0.25) is 0 Å². The van der Waals surface area contributed by atoms with Crippen LogP contribution in [-0.2, 0) is 0 Å². The third-order valence-electron chi connectivity index (χ3n) is 4.39. The number of nitrogens with zero attached hydrogens (tertiary/aromatic N) is 2. The highest BCUT2D eigenvalue weighted by atomic mass is 15.1. The number of pyridine rings is 1. The zero-order valence-corrected chi connectivity index (χ0v) is 14.1. The minimum atomic E-state index is 0.376. The normalized spacial score (nSPS) is 12.4. The van der Waals surface area contributed by atoms with E-state index in [9.17, 15) is 0 Å². The van der Waals surface area contributed by atoms with E-state index >= 15 is 0 Å². The molecule has 0 radical (unpaired) electrons. The molecule has 19 heavy (non-hydrogen) atoms. The Labute approximate surface area is 120 Å². The lowest BCUT2D eigenvalue weighted by Crippen LogP contribution is -2.22. The molecule has 0 bridgehead atoms. The van der Waals surface area contributed by atoms with Gasteiger partial charge < -0.3 is 4.90 Å². The summed E-state index contributed by atoms with van der Waals surface area (Å²) in [6.07, 6.45) is 4.45. The number of anilines is 1. The van der Waals surface area contributed by atoms with Gasteiger partial charge in [-0.25, -0.2) is 4.98 Å². The third kappa shape index (κ3) is 4.52. The SMILES string of the molecule is CC.CCC(C)(CC)C(C)c1ccc(N(C)C)nc1. The van der Waals surface area contributed by atoms with Crippen molar-refractivity contribution in [1.29, 1.82) is 0 Å². The van der Waals surface area contributed by atoms with E-state index in [2.05, 4.69) is 44.8 Å². The van der Waals surface area contributed by atoms with Crippen LogP contribution in [0.15, 0.2) is 18.3 Å². The molecule has 0 spiro atoms. The maximum atomic E-state index is 4.51. The molecule has 0 aliphatic rings. The molecule has 2 nitrogen and oxygen atoms in total. The van der Waals surface area contributed by atoms with Gasteiger partial charge in [0.15, 0.2) is 0 Å². The Balaban J connectivity index is 0.00000154. The van der Waals surface area contributed by atoms with Gasteiger partial charge in [-0.2, -0.15) is 0 Å². The average Bonchev–Trinajstić information content (AvgIpc) is 2.47. The molecule has 1 aromatic heterocycles. The van der Waals surface area contributed by atoms with Gasteiger partial charge in [-0.3, -0.25) is 0 Å². The molecular formula is C17H32N2. The van der Waals surface area contributed by atoms with Crippen molar-refractivity contribution in [3.63, 3.8) is 0 Å². The Hall–Kier alpha value is -1.05. The maximum Gasteiger partial charge on any atom is 0.127 e. The molecule has 0 aliphatic carbocycles. The Morgan fingerprint density at radius 2 is 1.68 bits per heavy atom. The summed E-state index contributed by atoms with van der Waals surface area (Å²) < 4.78 is 0. The minimum absolute atomic E-state index is 0.376. The van der Waals surface area contributed by atoms with Crippen molar-refractivity contribution < 1.29 is 0 Å². The molecule has 0 fully saturated rings. The number of hydrogen-bond donors (Lipinski definition) is 0. The molecule has 1 heterocycles. The van der Waals surface area contributed by atoms with Crippen molar-refractivity contribution in [3.05, 3.63) is 23.9 Å². The first-order chi connectivity index (χ1) is 8.94. The van der Waals surface area contributed by atoms with Gasteiger partial charge in [0.25, 0.3) is 0 Å². The summed E-state index contributed by atoms with van der Waals surface area (Å²) in [6, 6.07) is 4.33. The van der Waals surface area contributed by atoms with Crippen LogP contribution in [0, 0.1) is 5.41 Å². The molecule has 0 amide bonds. The highest BCUT2D eigenvalue weighted by Crippen LogP contribution is 2.40. The predicted molar refractivity (Wildman–Crippen MR) is 87.0 cm³/mol. The standard InChI is InChI=1S/C15H26N2.C2H6/c1-7-15(4,8-2)12(3)13-9-10-14(16-11-13)17(5)6;1-2/h9-12H,7-8H2,1-6H3;1-2H3. The number of rotatable bonds is 5. The van der Waals surface area contributed by atoms with Gasteiger partial charge in [0.05, 0.1) is 0 Å². The zero-order valence-electron chi connectivity index (χ0n) is 14.1. The molecule has 1 rings (SSSR count). The first-order valence-corrected chi connectivity index (χ1v) is 7.58. The van der Waals surface area contributed by atoms with Crippen LogP contribution in [0.25, 0.3) is 0 Å². The third-order valence-corrected chi connectivity index (χ3v) is 4.39. The number of aromatic nitrogens is 1. The average molecular weight is 264 g/mol. The van der Waals surface area contributed by atoms with E-state index in [1.165, 1.54) is 18.4 Å². The van der Waals surface area contributed by atoms with Gasteiger partial charge >= 0.3 is 0 Å². The van der Waals surface area contributed by atoms with E-state index in [-0.39, 0.29) is 0 Å². The summed E-state index contributed by atoms with van der Waals surface area (Å²) in [4.78, 5) is 6.54. The zero-order chi connectivity index (χ0) is 15.1. The van der Waals surface area contributed by atoms with Crippen molar-refractivity contribution >= 4 is 5.82 Å². The fraction of sp³-hybridized carbons (Fsp3) is 0.706. The van der Waals surface area contributed by atoms with Gasteiger partial charge in [-0.15, -0.1) is 0 Å². The van der Waals surface area contributed by atoms with Crippen LogP contribution in [0.5, 0.6) is 0 Å². The maximum absolute atomic E-state index is 4.51. The molecule has 0 aromatic carbocycles. The van der Waals surface area contributed by atoms with Gasteiger partial charge in [0.1, 0.15) is 5.82 Å². The Kier molecular flexibility index (Phi) is 7.73. The van der Waals surface area contributed by atoms with Crippen LogP contribution in [-0.4, -0.2) is 19.1 Å². The van der Waals surface area contributed by atoms with Gasteiger partial charge in [-0.05, 0) is 23.0 Å². The van der Waals surface area contributed by atoms with Crippen molar-refractivity contribution in [2.45, 2.75) is 60.3 Å². The molecule has 1 aromatic rings. The van der Waals surface area contributed by atoms with E-state index < -0.39 is 0 Å². The second-order valence-electron chi connectivity index (χ2n) is 5.43. The van der Waals surface area contributed by atoms with Crippen LogP contribution in [0.3, 0.4) is 0 Å². The first-order valence-electron chi connectivity index (χ1n) is 7.58. The minimum Gasteiger partial charge on any atom is -0.363 e. The molecule has 1 atom stereocenters. The molecule has 1 unspecified atom stereocenters. The summed E-state index contributed by atoms with van der Waals surface area (Å²) in [5, 5.41) is 0. The van der Waals surface area contributed by atoms with Crippen LogP contribution in [0.4, 0.5) is 5.82 Å². The molecule has 110 valence electrons. The van der Waals surface area contributed by atoms with Crippen molar-refractivity contribution in [3.8, 4) is 0 Å². The van der Waals surface area contributed by atoms with Crippen molar-refractivity contribution in [2.75, 3.05) is 19.0 Å². The highest BCUT2D eigenvalue weighted by Gasteiger charge is 2.28. The van der Waals surface area contributed by atoms with Crippen LogP contribution < -0.4 is 4.90 Å². The first kappa shape index (κ1) is 17.9. The lowest BCUT2D eigenvalue weighted by molar-refractivity contribution is 0.243. The second kappa shape index (κ2) is 8.19. The summed E-state index contributed by atoms with van der Waals surface area (Å²) in [5.41, 5.74) is 1.73. The van der Waals surface area contributed by atoms with Crippen LogP contribution in [0.2, 0.25) is 0 Å². The molecule has 0 N–H and O–H groups in total. The molecule has 0 aliphatic heterocycles. The Bertz CT molecular complexity index is 337. The summed E-state index contributed by atoms with van der Waals surface area (Å²) in [7, 11) is 4.04. The van der Waals surface area contributed by atoms with E-state index in [4.69, 9.17) is 0 Å². The smallest absolute Gasteiger partial charge is 0.127 e. The Morgan fingerprint density at radius 1 is 1.16 bits per heavy atom. The lowest BCUT2D eigenvalue weighted by atomic mass is 9.71. The topological polar surface area (TPSA) is 16.1 Å². The largest absolute Gasteiger partial charge is 0.363 e. The van der Waals surface area contributed by atoms with E-state index in [1.54, 1.807) is 0 Å².